The summed E-state index contributed by atoms with van der Waals surface area (Å²) < 4.78 is 4.91. The van der Waals surface area contributed by atoms with E-state index in [2.05, 4.69) is 56.8 Å². The quantitative estimate of drug-likeness (QED) is 0.534. The normalized spacial score (nSPS) is 14.1. The van der Waals surface area contributed by atoms with Gasteiger partial charge >= 0.3 is 0 Å². The first kappa shape index (κ1) is 17.8. The fourth-order valence-corrected chi connectivity index (χ4v) is 2.53. The molecule has 114 valence electrons. The van der Waals surface area contributed by atoms with Gasteiger partial charge in [0.25, 0.3) is 0 Å². The second kappa shape index (κ2) is 9.68. The molecule has 3 heteroatoms. The number of rotatable bonds is 8. The molecule has 0 radical (unpaired) electrons. The summed E-state index contributed by atoms with van der Waals surface area (Å²) in [4.78, 5) is 9.47. The first-order chi connectivity index (χ1) is 10.1. The maximum atomic E-state index is 9.47. The van der Waals surface area contributed by atoms with Crippen LogP contribution in [0.5, 0.6) is 0 Å². The first-order valence-electron chi connectivity index (χ1n) is 7.20. The summed E-state index contributed by atoms with van der Waals surface area (Å²) in [6.07, 6.45) is 8.48. The lowest BCUT2D eigenvalue weighted by Crippen LogP contribution is -1.88. The highest BCUT2D eigenvalue weighted by atomic mass is 31.2. The Balaban J connectivity index is 2.73. The lowest BCUT2D eigenvalue weighted by Gasteiger charge is -2.07. The zero-order chi connectivity index (χ0) is 15.7. The van der Waals surface area contributed by atoms with Gasteiger partial charge in [0.2, 0.25) is 0 Å². The van der Waals surface area contributed by atoms with Crippen LogP contribution in [0.15, 0.2) is 54.6 Å². The Bertz CT molecular complexity index is 500. The topological polar surface area (TPSA) is 29.5 Å². The second-order valence-corrected chi connectivity index (χ2v) is 6.37. The molecule has 0 amide bonds. The summed E-state index contributed by atoms with van der Waals surface area (Å²) in [5.74, 6) is 0. The highest BCUT2D eigenvalue weighted by Gasteiger charge is 2.02. The predicted molar refractivity (Wildman–Crippen MR) is 93.4 cm³/mol. The smallest absolute Gasteiger partial charge is 0.167 e. The number of benzene rings is 1. The second-order valence-electron chi connectivity index (χ2n) is 4.85. The minimum Gasteiger partial charge on any atom is -0.350 e. The molecule has 1 rings (SSSR count). The van der Waals surface area contributed by atoms with E-state index in [9.17, 15) is 4.89 Å². The minimum atomic E-state index is -1.30. The van der Waals surface area contributed by atoms with E-state index in [0.717, 1.165) is 18.4 Å². The predicted octanol–water partition coefficient (Wildman–Crippen LogP) is 5.11. The molecule has 0 bridgehead atoms. The summed E-state index contributed by atoms with van der Waals surface area (Å²) in [5.41, 5.74) is 4.91. The first-order valence-corrected chi connectivity index (χ1v) is 8.60. The fraction of sp³-hybridized carbons (Fsp3) is 0.333. The van der Waals surface area contributed by atoms with Gasteiger partial charge in [0.05, 0.1) is 0 Å². The van der Waals surface area contributed by atoms with Gasteiger partial charge in [-0.1, -0.05) is 56.0 Å². The molecule has 21 heavy (non-hydrogen) atoms. The van der Waals surface area contributed by atoms with Gasteiger partial charge < -0.3 is 9.42 Å². The van der Waals surface area contributed by atoms with Crippen molar-refractivity contribution in [1.82, 2.24) is 0 Å². The Hall–Kier alpha value is -1.21. The van der Waals surface area contributed by atoms with E-state index in [0.29, 0.717) is 6.16 Å². The van der Waals surface area contributed by atoms with E-state index in [1.165, 1.54) is 23.8 Å². The van der Waals surface area contributed by atoms with Crippen molar-refractivity contribution in [3.63, 3.8) is 0 Å². The van der Waals surface area contributed by atoms with Gasteiger partial charge in [-0.2, -0.15) is 0 Å². The van der Waals surface area contributed by atoms with Gasteiger partial charge in [-0.25, -0.2) is 0 Å². The van der Waals surface area contributed by atoms with Gasteiger partial charge in [0.1, 0.15) is 0 Å². The van der Waals surface area contributed by atoms with Crippen LogP contribution in [-0.4, -0.2) is 18.2 Å². The molecule has 0 aromatic heterocycles. The van der Waals surface area contributed by atoms with Crippen LogP contribution in [0.4, 0.5) is 0 Å². The molecule has 0 fully saturated rings. The van der Waals surface area contributed by atoms with Crippen LogP contribution in [0.25, 0.3) is 5.57 Å². The molecule has 0 aliphatic carbocycles. The lowest BCUT2D eigenvalue weighted by molar-refractivity contribution is 0.390. The third-order valence-electron chi connectivity index (χ3n) is 3.43. The van der Waals surface area contributed by atoms with Crippen LogP contribution in [0.1, 0.15) is 31.4 Å². The average Bonchev–Trinajstić information content (AvgIpc) is 2.54. The molecule has 0 aliphatic rings. The minimum absolute atomic E-state index is 0.641. The van der Waals surface area contributed by atoms with Crippen LogP contribution in [0.2, 0.25) is 0 Å². The molecular weight excluding hydrogens is 279 g/mol. The Labute approximate surface area is 129 Å². The molecule has 1 aromatic carbocycles. The van der Waals surface area contributed by atoms with E-state index in [-0.39, 0.29) is 0 Å². The van der Waals surface area contributed by atoms with E-state index in [1.807, 2.05) is 6.08 Å². The molecule has 0 spiro atoms. The van der Waals surface area contributed by atoms with Crippen molar-refractivity contribution in [1.29, 1.82) is 0 Å². The molecule has 0 aliphatic heterocycles. The molecule has 1 N–H and O–H groups in total. The van der Waals surface area contributed by atoms with Crippen LogP contribution in [0.3, 0.4) is 0 Å². The molecule has 1 unspecified atom stereocenters. The Morgan fingerprint density at radius 3 is 2.48 bits per heavy atom. The van der Waals surface area contributed by atoms with Gasteiger partial charge in [-0.3, -0.25) is 0 Å². The van der Waals surface area contributed by atoms with Crippen LogP contribution >= 0.6 is 8.38 Å². The van der Waals surface area contributed by atoms with Crippen molar-refractivity contribution in [2.24, 2.45) is 0 Å². The SMILES string of the molecule is C=C/C(=C\C=C(/C)c1ccc(CC)cc1)CCP(O)OC. The van der Waals surface area contributed by atoms with Crippen molar-refractivity contribution in [2.45, 2.75) is 26.7 Å². The lowest BCUT2D eigenvalue weighted by atomic mass is 10.0. The van der Waals surface area contributed by atoms with Crippen molar-refractivity contribution in [3.8, 4) is 0 Å². The number of aryl methyl sites for hydroxylation is 1. The zero-order valence-corrected chi connectivity index (χ0v) is 14.1. The summed E-state index contributed by atoms with van der Waals surface area (Å²) >= 11 is 0. The van der Waals surface area contributed by atoms with Crippen LogP contribution in [-0.2, 0) is 10.9 Å². The monoisotopic (exact) mass is 304 g/mol. The fourth-order valence-electron chi connectivity index (χ4n) is 1.90. The molecule has 1 aromatic rings. The van der Waals surface area contributed by atoms with Gasteiger partial charge in [-0.15, -0.1) is 0 Å². The molecule has 0 heterocycles. The maximum absolute atomic E-state index is 9.47. The van der Waals surface area contributed by atoms with Crippen LogP contribution in [0, 0.1) is 0 Å². The van der Waals surface area contributed by atoms with Gasteiger partial charge in [-0.05, 0) is 42.0 Å². The highest BCUT2D eigenvalue weighted by molar-refractivity contribution is 7.46. The van der Waals surface area contributed by atoms with E-state index >= 15 is 0 Å². The summed E-state index contributed by atoms with van der Waals surface area (Å²) in [7, 11) is 0.233. The zero-order valence-electron chi connectivity index (χ0n) is 13.2. The third-order valence-corrected chi connectivity index (χ3v) is 4.46. The molecule has 1 atom stereocenters. The van der Waals surface area contributed by atoms with Crippen molar-refractivity contribution in [3.05, 3.63) is 65.8 Å². The molecule has 0 saturated carbocycles. The highest BCUT2D eigenvalue weighted by Crippen LogP contribution is 2.31. The van der Waals surface area contributed by atoms with Crippen molar-refractivity contribution >= 4 is 13.9 Å². The van der Waals surface area contributed by atoms with Gasteiger partial charge in [0.15, 0.2) is 8.38 Å². The Morgan fingerprint density at radius 2 is 1.95 bits per heavy atom. The molecule has 2 nitrogen and oxygen atoms in total. The van der Waals surface area contributed by atoms with Crippen molar-refractivity contribution in [2.75, 3.05) is 13.3 Å². The molecular formula is C18H25O2P. The standard InChI is InChI=1S/C18H25O2P/c1-5-16-9-11-18(12-10-16)15(3)7-8-17(6-2)13-14-21(19)20-4/h6-12,19H,2,5,13-14H2,1,3-4H3/b15-7+,17-8+. The van der Waals surface area contributed by atoms with E-state index < -0.39 is 8.38 Å². The van der Waals surface area contributed by atoms with E-state index in [1.54, 1.807) is 0 Å². The number of hydrogen-bond acceptors (Lipinski definition) is 2. The molecule has 0 saturated heterocycles. The summed E-state index contributed by atoms with van der Waals surface area (Å²) in [6.45, 7) is 8.09. The third kappa shape index (κ3) is 6.39. The van der Waals surface area contributed by atoms with Crippen molar-refractivity contribution < 1.29 is 9.42 Å². The van der Waals surface area contributed by atoms with Gasteiger partial charge in [0, 0.05) is 13.3 Å². The largest absolute Gasteiger partial charge is 0.350 e. The van der Waals surface area contributed by atoms with Crippen LogP contribution < -0.4 is 0 Å². The Kier molecular flexibility index (Phi) is 8.22. The summed E-state index contributed by atoms with van der Waals surface area (Å²) in [5, 5.41) is 0. The number of hydrogen-bond donors (Lipinski definition) is 1. The van der Waals surface area contributed by atoms with E-state index in [4.69, 9.17) is 4.52 Å². The number of allylic oxidation sites excluding steroid dienone is 5. The Morgan fingerprint density at radius 1 is 1.29 bits per heavy atom. The summed E-state index contributed by atoms with van der Waals surface area (Å²) in [6, 6.07) is 8.65. The average molecular weight is 304 g/mol. The maximum Gasteiger partial charge on any atom is 0.167 e.